The first-order valence-electron chi connectivity index (χ1n) is 5.31. The number of hydrogen-bond acceptors (Lipinski definition) is 2. The second-order valence-electron chi connectivity index (χ2n) is 4.44. The Hall–Kier alpha value is -0.0800. The van der Waals surface area contributed by atoms with E-state index in [9.17, 15) is 0 Å². The summed E-state index contributed by atoms with van der Waals surface area (Å²) in [6, 6.07) is 1.91. The van der Waals surface area contributed by atoms with Gasteiger partial charge in [-0.05, 0) is 32.1 Å². The molecule has 0 saturated carbocycles. The van der Waals surface area contributed by atoms with Crippen molar-refractivity contribution in [2.75, 3.05) is 13.2 Å². The Morgan fingerprint density at radius 1 is 1.08 bits per heavy atom. The van der Waals surface area contributed by atoms with Gasteiger partial charge in [0.15, 0.2) is 0 Å². The Labute approximate surface area is 73.9 Å². The van der Waals surface area contributed by atoms with Crippen LogP contribution in [0, 0.1) is 0 Å². The summed E-state index contributed by atoms with van der Waals surface area (Å²) in [5.41, 5.74) is 0. The normalized spacial score (nSPS) is 45.5. The Kier molecular flexibility index (Phi) is 1.66. The fourth-order valence-electron chi connectivity index (χ4n) is 2.91. The molecule has 2 bridgehead atoms. The second kappa shape index (κ2) is 2.71. The summed E-state index contributed by atoms with van der Waals surface area (Å²) in [5, 5.41) is 0. The van der Waals surface area contributed by atoms with E-state index in [-0.39, 0.29) is 0 Å². The maximum absolute atomic E-state index is 5.23. The smallest absolute Gasteiger partial charge is 0.0822 e. The number of rotatable bonds is 3. The van der Waals surface area contributed by atoms with Crippen LogP contribution < -0.4 is 0 Å². The zero-order valence-electron chi connectivity index (χ0n) is 7.54. The lowest BCUT2D eigenvalue weighted by Gasteiger charge is -2.20. The van der Waals surface area contributed by atoms with Gasteiger partial charge in [0.05, 0.1) is 12.7 Å². The van der Waals surface area contributed by atoms with E-state index in [0.29, 0.717) is 6.10 Å². The summed E-state index contributed by atoms with van der Waals surface area (Å²) < 4.78 is 5.23. The molecular formula is C10H17NO. The highest BCUT2D eigenvalue weighted by molar-refractivity contribution is 4.95. The average Bonchev–Trinajstić information content (AvgIpc) is 2.78. The Morgan fingerprint density at radius 3 is 2.17 bits per heavy atom. The quantitative estimate of drug-likeness (QED) is 0.590. The molecule has 3 aliphatic heterocycles. The van der Waals surface area contributed by atoms with Crippen molar-refractivity contribution in [1.29, 1.82) is 0 Å². The first-order valence-corrected chi connectivity index (χ1v) is 5.31. The van der Waals surface area contributed by atoms with Crippen molar-refractivity contribution < 1.29 is 4.74 Å². The standard InChI is InChI=1S/C10H17NO/c1-2-9-4-3-8(1)11(9)6-5-10-7-12-10/h8-10H,1-7H2. The summed E-state index contributed by atoms with van der Waals surface area (Å²) in [7, 11) is 0. The van der Waals surface area contributed by atoms with Crippen LogP contribution in [0.5, 0.6) is 0 Å². The van der Waals surface area contributed by atoms with Crippen molar-refractivity contribution in [2.24, 2.45) is 0 Å². The van der Waals surface area contributed by atoms with Gasteiger partial charge in [-0.25, -0.2) is 0 Å². The lowest BCUT2D eigenvalue weighted by molar-refractivity contribution is 0.237. The van der Waals surface area contributed by atoms with Gasteiger partial charge in [0, 0.05) is 18.6 Å². The van der Waals surface area contributed by atoms with Crippen LogP contribution in [0.3, 0.4) is 0 Å². The molecule has 3 saturated heterocycles. The third kappa shape index (κ3) is 1.17. The summed E-state index contributed by atoms with van der Waals surface area (Å²) in [6.45, 7) is 2.34. The fraction of sp³-hybridized carbons (Fsp3) is 1.00. The van der Waals surface area contributed by atoms with Crippen molar-refractivity contribution in [1.82, 2.24) is 4.90 Å². The van der Waals surface area contributed by atoms with Gasteiger partial charge in [0.1, 0.15) is 0 Å². The topological polar surface area (TPSA) is 15.8 Å². The molecule has 3 aliphatic rings. The van der Waals surface area contributed by atoms with Crippen LogP contribution in [-0.2, 0) is 4.74 Å². The maximum atomic E-state index is 5.23. The first-order chi connectivity index (χ1) is 5.93. The van der Waals surface area contributed by atoms with Gasteiger partial charge in [-0.2, -0.15) is 0 Å². The molecule has 0 spiro atoms. The van der Waals surface area contributed by atoms with Crippen molar-refractivity contribution in [3.63, 3.8) is 0 Å². The predicted octanol–water partition coefficient (Wildman–Crippen LogP) is 1.40. The molecule has 0 aromatic rings. The van der Waals surface area contributed by atoms with Gasteiger partial charge >= 0.3 is 0 Å². The number of nitrogens with zero attached hydrogens (tertiary/aromatic N) is 1. The largest absolute Gasteiger partial charge is 0.373 e. The third-order valence-electron chi connectivity index (χ3n) is 3.72. The summed E-state index contributed by atoms with van der Waals surface area (Å²) in [4.78, 5) is 2.74. The van der Waals surface area contributed by atoms with Gasteiger partial charge in [0.2, 0.25) is 0 Å². The first kappa shape index (κ1) is 7.34. The average molecular weight is 167 g/mol. The second-order valence-corrected chi connectivity index (χ2v) is 4.44. The van der Waals surface area contributed by atoms with E-state index in [1.54, 1.807) is 0 Å². The highest BCUT2D eigenvalue weighted by atomic mass is 16.6. The Balaban J connectivity index is 1.54. The number of ether oxygens (including phenoxy) is 1. The number of epoxide rings is 1. The zero-order chi connectivity index (χ0) is 7.97. The molecule has 0 aromatic heterocycles. The predicted molar refractivity (Wildman–Crippen MR) is 47.1 cm³/mol. The molecule has 3 heterocycles. The van der Waals surface area contributed by atoms with Crippen LogP contribution in [0.2, 0.25) is 0 Å². The van der Waals surface area contributed by atoms with Crippen LogP contribution in [0.25, 0.3) is 0 Å². The molecular weight excluding hydrogens is 150 g/mol. The molecule has 68 valence electrons. The highest BCUT2D eigenvalue weighted by Gasteiger charge is 2.39. The number of hydrogen-bond donors (Lipinski definition) is 0. The van der Waals surface area contributed by atoms with Crippen molar-refractivity contribution in [2.45, 2.75) is 50.3 Å². The van der Waals surface area contributed by atoms with E-state index in [4.69, 9.17) is 4.74 Å². The van der Waals surface area contributed by atoms with Gasteiger partial charge in [0.25, 0.3) is 0 Å². The van der Waals surface area contributed by atoms with E-state index >= 15 is 0 Å². The van der Waals surface area contributed by atoms with Crippen LogP contribution in [0.1, 0.15) is 32.1 Å². The summed E-state index contributed by atoms with van der Waals surface area (Å²) in [6.07, 6.45) is 7.79. The van der Waals surface area contributed by atoms with E-state index in [2.05, 4.69) is 4.90 Å². The van der Waals surface area contributed by atoms with Crippen molar-refractivity contribution >= 4 is 0 Å². The van der Waals surface area contributed by atoms with Crippen LogP contribution in [0.15, 0.2) is 0 Å². The minimum atomic E-state index is 0.630. The number of fused-ring (bicyclic) bond motifs is 2. The van der Waals surface area contributed by atoms with E-state index in [1.807, 2.05) is 0 Å². The van der Waals surface area contributed by atoms with Gasteiger partial charge in [-0.3, -0.25) is 4.90 Å². The minimum absolute atomic E-state index is 0.630. The molecule has 3 fully saturated rings. The molecule has 3 rings (SSSR count). The lowest BCUT2D eigenvalue weighted by Crippen LogP contribution is -2.30. The lowest BCUT2D eigenvalue weighted by atomic mass is 10.0. The Bertz CT molecular complexity index is 159. The molecule has 0 amide bonds. The van der Waals surface area contributed by atoms with Crippen molar-refractivity contribution in [3.05, 3.63) is 0 Å². The van der Waals surface area contributed by atoms with E-state index < -0.39 is 0 Å². The van der Waals surface area contributed by atoms with Crippen LogP contribution in [0.4, 0.5) is 0 Å². The maximum Gasteiger partial charge on any atom is 0.0822 e. The summed E-state index contributed by atoms with van der Waals surface area (Å²) in [5.74, 6) is 0. The molecule has 1 atom stereocenters. The third-order valence-corrected chi connectivity index (χ3v) is 3.72. The monoisotopic (exact) mass is 167 g/mol. The molecule has 2 heteroatoms. The molecule has 2 nitrogen and oxygen atoms in total. The van der Waals surface area contributed by atoms with Crippen LogP contribution >= 0.6 is 0 Å². The SMILES string of the molecule is C(CN1C2CCC1CC2)C1CO1. The molecule has 0 aliphatic carbocycles. The van der Waals surface area contributed by atoms with E-state index in [1.165, 1.54) is 38.6 Å². The fourth-order valence-corrected chi connectivity index (χ4v) is 2.91. The summed E-state index contributed by atoms with van der Waals surface area (Å²) >= 11 is 0. The minimum Gasteiger partial charge on any atom is -0.373 e. The molecule has 12 heavy (non-hydrogen) atoms. The zero-order valence-corrected chi connectivity index (χ0v) is 7.54. The van der Waals surface area contributed by atoms with E-state index in [0.717, 1.165) is 18.7 Å². The molecule has 0 N–H and O–H groups in total. The Morgan fingerprint density at radius 2 is 1.67 bits per heavy atom. The van der Waals surface area contributed by atoms with Gasteiger partial charge in [-0.15, -0.1) is 0 Å². The molecule has 1 unspecified atom stereocenters. The molecule has 0 radical (unpaired) electrons. The highest BCUT2D eigenvalue weighted by Crippen LogP contribution is 2.37. The van der Waals surface area contributed by atoms with Gasteiger partial charge < -0.3 is 4.74 Å². The van der Waals surface area contributed by atoms with Crippen molar-refractivity contribution in [3.8, 4) is 0 Å². The van der Waals surface area contributed by atoms with Crippen LogP contribution in [-0.4, -0.2) is 36.2 Å². The van der Waals surface area contributed by atoms with Gasteiger partial charge in [-0.1, -0.05) is 0 Å². The molecule has 0 aromatic carbocycles.